The number of likely N-dealkylation sites (N-methyl/N-ethyl adjacent to an activating group) is 1. The number of carbonyl (C=O) groups excluding carboxylic acids is 1. The molecule has 1 aromatic rings. The van der Waals surface area contributed by atoms with Gasteiger partial charge >= 0.3 is 0 Å². The first-order valence-corrected chi connectivity index (χ1v) is 5.11. The molecule has 1 atom stereocenters. The van der Waals surface area contributed by atoms with Crippen LogP contribution in [0.5, 0.6) is 0 Å². The Kier molecular flexibility index (Phi) is 6.81. The van der Waals surface area contributed by atoms with E-state index in [1.54, 1.807) is 0 Å². The second-order valence-corrected chi connectivity index (χ2v) is 3.89. The minimum Gasteiger partial charge on any atom is -0.594 e. The highest BCUT2D eigenvalue weighted by atomic mass is 35.5. The number of hydrogen-bond acceptors (Lipinski definition) is 5. The van der Waals surface area contributed by atoms with Gasteiger partial charge in [0.25, 0.3) is 11.7 Å². The number of amides is 1. The number of hydrogen-bond donors (Lipinski definition) is 3. The van der Waals surface area contributed by atoms with Gasteiger partial charge in [-0.2, -0.15) is 10.3 Å². The Morgan fingerprint density at radius 2 is 2.28 bits per heavy atom. The standard InChI is InChI=1S/C9H17N5O3.ClH/c1-12(2)5-4-10-8(15)7-6-11-13(3)9(7)14(16)17;/h6,14,16H,4-5H2,1-3H3,(H,10,15);1H. The third-order valence-corrected chi connectivity index (χ3v) is 2.23. The third kappa shape index (κ3) is 4.24. The first-order chi connectivity index (χ1) is 7.93. The zero-order valence-electron chi connectivity index (χ0n) is 10.5. The summed E-state index contributed by atoms with van der Waals surface area (Å²) >= 11 is 0. The maximum absolute atomic E-state index is 11.7. The lowest BCUT2D eigenvalue weighted by Gasteiger charge is -2.13. The van der Waals surface area contributed by atoms with Crippen molar-refractivity contribution >= 4 is 24.1 Å². The van der Waals surface area contributed by atoms with E-state index in [4.69, 9.17) is 5.21 Å². The van der Waals surface area contributed by atoms with E-state index in [0.717, 1.165) is 0 Å². The molecular formula is C9H18ClN5O3. The zero-order valence-corrected chi connectivity index (χ0v) is 11.3. The summed E-state index contributed by atoms with van der Waals surface area (Å²) in [5.41, 5.74) is 0.0822. The fourth-order valence-electron chi connectivity index (χ4n) is 1.35. The number of nitrogens with one attached hydrogen (secondary N) is 2. The van der Waals surface area contributed by atoms with Crippen molar-refractivity contribution in [2.45, 2.75) is 0 Å². The number of nitrogens with zero attached hydrogens (tertiary/aromatic N) is 3. The first kappa shape index (κ1) is 16.8. The molecular weight excluding hydrogens is 262 g/mol. The van der Waals surface area contributed by atoms with Gasteiger partial charge in [-0.05, 0) is 14.1 Å². The van der Waals surface area contributed by atoms with Crippen LogP contribution in [-0.4, -0.2) is 53.0 Å². The molecule has 104 valence electrons. The van der Waals surface area contributed by atoms with Crippen molar-refractivity contribution in [2.75, 3.05) is 27.2 Å². The lowest BCUT2D eigenvalue weighted by Crippen LogP contribution is -3.00. The predicted octanol–water partition coefficient (Wildman–Crippen LogP) is -1.46. The highest BCUT2D eigenvalue weighted by Crippen LogP contribution is 2.08. The van der Waals surface area contributed by atoms with Crippen molar-refractivity contribution < 1.29 is 15.2 Å². The fraction of sp³-hybridized carbons (Fsp3) is 0.556. The topological polar surface area (TPSA) is 97.9 Å². The molecule has 3 N–H and O–H groups in total. The highest BCUT2D eigenvalue weighted by Gasteiger charge is 2.21. The van der Waals surface area contributed by atoms with E-state index >= 15 is 0 Å². The van der Waals surface area contributed by atoms with Crippen molar-refractivity contribution in [3.63, 3.8) is 0 Å². The molecule has 0 aromatic carbocycles. The normalized spacial score (nSPS) is 12.1. The van der Waals surface area contributed by atoms with E-state index in [9.17, 15) is 10.0 Å². The largest absolute Gasteiger partial charge is 0.594 e. The quantitative estimate of drug-likeness (QED) is 0.572. The number of aryl methyl sites for hydroxylation is 1. The molecule has 0 radical (unpaired) electrons. The molecule has 9 heteroatoms. The molecule has 8 nitrogen and oxygen atoms in total. The van der Waals surface area contributed by atoms with Crippen molar-refractivity contribution in [3.05, 3.63) is 17.0 Å². The Hall–Kier alpha value is -1.19. The second kappa shape index (κ2) is 7.29. The fourth-order valence-corrected chi connectivity index (χ4v) is 1.35. The van der Waals surface area contributed by atoms with Gasteiger partial charge in [-0.15, -0.1) is 12.4 Å². The van der Waals surface area contributed by atoms with Crippen molar-refractivity contribution in [1.82, 2.24) is 20.0 Å². The Balaban J connectivity index is 0.00000289. The van der Waals surface area contributed by atoms with Crippen molar-refractivity contribution in [3.8, 4) is 0 Å². The molecule has 0 aliphatic carbocycles. The first-order valence-electron chi connectivity index (χ1n) is 5.11. The van der Waals surface area contributed by atoms with Crippen LogP contribution < -0.4 is 10.5 Å². The summed E-state index contributed by atoms with van der Waals surface area (Å²) in [7, 11) is 5.26. The molecule has 1 rings (SSSR count). The summed E-state index contributed by atoms with van der Waals surface area (Å²) < 4.78 is 1.17. The van der Waals surface area contributed by atoms with E-state index in [0.29, 0.717) is 13.1 Å². The minimum absolute atomic E-state index is 0. The lowest BCUT2D eigenvalue weighted by molar-refractivity contribution is -0.994. The zero-order chi connectivity index (χ0) is 13.0. The van der Waals surface area contributed by atoms with Crippen LogP contribution in [0.3, 0.4) is 0 Å². The molecule has 1 aromatic heterocycles. The Labute approximate surface area is 111 Å². The van der Waals surface area contributed by atoms with Crippen molar-refractivity contribution in [2.24, 2.45) is 7.05 Å². The molecule has 0 saturated carbocycles. The van der Waals surface area contributed by atoms with Crippen LogP contribution in [0.2, 0.25) is 0 Å². The Morgan fingerprint density at radius 1 is 1.67 bits per heavy atom. The molecule has 0 spiro atoms. The predicted molar refractivity (Wildman–Crippen MR) is 67.1 cm³/mol. The Morgan fingerprint density at radius 3 is 2.78 bits per heavy atom. The van der Waals surface area contributed by atoms with Gasteiger partial charge in [0, 0.05) is 20.1 Å². The molecule has 1 amide bonds. The average molecular weight is 280 g/mol. The molecule has 1 unspecified atom stereocenters. The van der Waals surface area contributed by atoms with E-state index in [2.05, 4.69) is 10.4 Å². The van der Waals surface area contributed by atoms with Crippen LogP contribution in [-0.2, 0) is 7.05 Å². The summed E-state index contributed by atoms with van der Waals surface area (Å²) in [6.45, 7) is 1.15. The molecule has 0 aliphatic rings. The van der Waals surface area contributed by atoms with Gasteiger partial charge in [-0.3, -0.25) is 4.79 Å². The van der Waals surface area contributed by atoms with E-state index in [1.807, 2.05) is 19.0 Å². The second-order valence-electron chi connectivity index (χ2n) is 3.89. The van der Waals surface area contributed by atoms with Gasteiger partial charge < -0.3 is 15.4 Å². The third-order valence-electron chi connectivity index (χ3n) is 2.23. The van der Waals surface area contributed by atoms with Crippen LogP contribution in [0.15, 0.2) is 6.20 Å². The van der Waals surface area contributed by atoms with Crippen molar-refractivity contribution in [1.29, 1.82) is 0 Å². The summed E-state index contributed by atoms with van der Waals surface area (Å²) in [6.07, 6.45) is 1.26. The monoisotopic (exact) mass is 279 g/mol. The minimum atomic E-state index is -1.16. The average Bonchev–Trinajstić information content (AvgIpc) is 2.59. The maximum atomic E-state index is 11.7. The molecule has 0 fully saturated rings. The maximum Gasteiger partial charge on any atom is 0.270 e. The molecule has 0 saturated heterocycles. The molecule has 18 heavy (non-hydrogen) atoms. The molecule has 1 heterocycles. The smallest absolute Gasteiger partial charge is 0.270 e. The van der Waals surface area contributed by atoms with Gasteiger partial charge in [0.05, 0.1) is 6.20 Å². The van der Waals surface area contributed by atoms with Crippen LogP contribution in [0.4, 0.5) is 5.82 Å². The number of rotatable bonds is 5. The van der Waals surface area contributed by atoms with Crippen LogP contribution in [0, 0.1) is 5.21 Å². The summed E-state index contributed by atoms with van der Waals surface area (Å²) in [5, 5.41) is 25.1. The van der Waals surface area contributed by atoms with E-state index in [1.165, 1.54) is 17.9 Å². The number of carbonyl (C=O) groups is 1. The molecule has 0 aliphatic heterocycles. The van der Waals surface area contributed by atoms with Crippen LogP contribution >= 0.6 is 12.4 Å². The highest BCUT2D eigenvalue weighted by molar-refractivity contribution is 5.97. The summed E-state index contributed by atoms with van der Waals surface area (Å²) in [4.78, 5) is 13.6. The lowest BCUT2D eigenvalue weighted by atomic mass is 10.3. The SMILES string of the molecule is CN(C)CCNC(=O)c1cnn(C)c1[NH+]([O-])O.Cl. The molecule has 0 bridgehead atoms. The number of aromatic nitrogens is 2. The summed E-state index contributed by atoms with van der Waals surface area (Å²) in [6, 6.07) is 0. The number of halogens is 1. The van der Waals surface area contributed by atoms with Crippen LogP contribution in [0.1, 0.15) is 10.4 Å². The van der Waals surface area contributed by atoms with Gasteiger partial charge in [-0.25, -0.2) is 9.89 Å². The van der Waals surface area contributed by atoms with Gasteiger partial charge in [0.2, 0.25) is 0 Å². The van der Waals surface area contributed by atoms with Gasteiger partial charge in [0.1, 0.15) is 5.56 Å². The number of quaternary nitrogens is 1. The van der Waals surface area contributed by atoms with E-state index < -0.39 is 11.1 Å². The Bertz CT molecular complexity index is 394. The summed E-state index contributed by atoms with van der Waals surface area (Å²) in [5.74, 6) is -0.523. The van der Waals surface area contributed by atoms with Gasteiger partial charge in [0.15, 0.2) is 0 Å². The van der Waals surface area contributed by atoms with Gasteiger partial charge in [-0.1, -0.05) is 0 Å². The van der Waals surface area contributed by atoms with E-state index in [-0.39, 0.29) is 23.8 Å². The van der Waals surface area contributed by atoms with Crippen LogP contribution in [0.25, 0.3) is 0 Å².